The Balaban J connectivity index is 2.11. The van der Waals surface area contributed by atoms with Crippen molar-refractivity contribution in [1.82, 2.24) is 15.1 Å². The molecule has 7 heteroatoms. The summed E-state index contributed by atoms with van der Waals surface area (Å²) in [5.41, 5.74) is -0.428. The van der Waals surface area contributed by atoms with E-state index in [4.69, 9.17) is 14.2 Å². The molecule has 23 heavy (non-hydrogen) atoms. The Kier molecular flexibility index (Phi) is 8.83. The molecule has 7 nitrogen and oxygen atoms in total. The minimum atomic E-state index is -0.428. The van der Waals surface area contributed by atoms with Crippen molar-refractivity contribution in [3.05, 3.63) is 0 Å². The maximum Gasteiger partial charge on any atom is 0.410 e. The zero-order valence-corrected chi connectivity index (χ0v) is 15.3. The molecule has 0 aromatic carbocycles. The fourth-order valence-corrected chi connectivity index (χ4v) is 2.39. The molecular weight excluding hydrogens is 298 g/mol. The number of methoxy groups -OCH3 is 2. The summed E-state index contributed by atoms with van der Waals surface area (Å²) in [7, 11) is 3.28. The Bertz CT molecular complexity index is 335. The molecule has 0 aliphatic carbocycles. The van der Waals surface area contributed by atoms with Crippen LogP contribution >= 0.6 is 0 Å². The van der Waals surface area contributed by atoms with Crippen LogP contribution in [0.25, 0.3) is 0 Å². The van der Waals surface area contributed by atoms with Gasteiger partial charge >= 0.3 is 6.09 Å². The van der Waals surface area contributed by atoms with Gasteiger partial charge < -0.3 is 24.4 Å². The van der Waals surface area contributed by atoms with Crippen molar-refractivity contribution >= 4 is 6.09 Å². The number of hydrogen-bond acceptors (Lipinski definition) is 6. The van der Waals surface area contributed by atoms with Crippen LogP contribution in [0.2, 0.25) is 0 Å². The molecule has 1 N–H and O–H groups in total. The van der Waals surface area contributed by atoms with Gasteiger partial charge in [0, 0.05) is 46.9 Å². The number of piperazine rings is 1. The van der Waals surface area contributed by atoms with Crippen molar-refractivity contribution in [2.24, 2.45) is 0 Å². The molecule has 0 radical (unpaired) electrons. The van der Waals surface area contributed by atoms with Gasteiger partial charge in [0.2, 0.25) is 0 Å². The molecule has 1 aliphatic rings. The van der Waals surface area contributed by atoms with Crippen LogP contribution < -0.4 is 5.32 Å². The quantitative estimate of drug-likeness (QED) is 0.531. The third-order valence-electron chi connectivity index (χ3n) is 3.69. The highest BCUT2D eigenvalue weighted by molar-refractivity contribution is 5.68. The second-order valence-electron chi connectivity index (χ2n) is 6.77. The molecule has 1 aliphatic heterocycles. The van der Waals surface area contributed by atoms with E-state index in [1.807, 2.05) is 20.8 Å². The fraction of sp³-hybridized carbons (Fsp3) is 0.938. The summed E-state index contributed by atoms with van der Waals surface area (Å²) in [4.78, 5) is 16.2. The van der Waals surface area contributed by atoms with E-state index in [1.54, 1.807) is 19.1 Å². The fourth-order valence-electron chi connectivity index (χ4n) is 2.39. The Hall–Kier alpha value is -0.890. The summed E-state index contributed by atoms with van der Waals surface area (Å²) in [6.45, 7) is 11.6. The molecule has 0 unspecified atom stereocenters. The minimum absolute atomic E-state index is 0.188. The zero-order valence-electron chi connectivity index (χ0n) is 15.3. The van der Waals surface area contributed by atoms with Crippen molar-refractivity contribution in [3.8, 4) is 0 Å². The van der Waals surface area contributed by atoms with E-state index in [2.05, 4.69) is 10.2 Å². The second-order valence-corrected chi connectivity index (χ2v) is 6.77. The number of carbonyl (C=O) groups excluding carboxylic acids is 1. The number of amides is 1. The summed E-state index contributed by atoms with van der Waals surface area (Å²) in [6.07, 6.45) is 0.670. The molecule has 0 spiro atoms. The summed E-state index contributed by atoms with van der Waals surface area (Å²) in [5.74, 6) is 0. The van der Waals surface area contributed by atoms with Gasteiger partial charge in [-0.3, -0.25) is 4.90 Å². The Morgan fingerprint density at radius 3 is 2.26 bits per heavy atom. The van der Waals surface area contributed by atoms with Gasteiger partial charge in [-0.25, -0.2) is 4.79 Å². The maximum atomic E-state index is 12.0. The van der Waals surface area contributed by atoms with Crippen LogP contribution in [0, 0.1) is 0 Å². The van der Waals surface area contributed by atoms with E-state index in [9.17, 15) is 4.79 Å². The van der Waals surface area contributed by atoms with E-state index in [1.165, 1.54) is 0 Å². The highest BCUT2D eigenvalue weighted by Crippen LogP contribution is 2.11. The normalized spacial score (nSPS) is 16.9. The molecule has 1 amide bonds. The molecule has 0 bridgehead atoms. The minimum Gasteiger partial charge on any atom is -0.444 e. The molecule has 0 atom stereocenters. The smallest absolute Gasteiger partial charge is 0.410 e. The number of hydrogen-bond donors (Lipinski definition) is 1. The third-order valence-corrected chi connectivity index (χ3v) is 3.69. The van der Waals surface area contributed by atoms with E-state index in [-0.39, 0.29) is 12.4 Å². The molecule has 0 saturated carbocycles. The van der Waals surface area contributed by atoms with Crippen molar-refractivity contribution in [3.63, 3.8) is 0 Å². The lowest BCUT2D eigenvalue weighted by Gasteiger charge is -2.35. The van der Waals surface area contributed by atoms with E-state index in [0.717, 1.165) is 45.7 Å². The first-order chi connectivity index (χ1) is 10.9. The highest BCUT2D eigenvalue weighted by Gasteiger charge is 2.25. The largest absolute Gasteiger partial charge is 0.444 e. The lowest BCUT2D eigenvalue weighted by Crippen LogP contribution is -2.50. The van der Waals surface area contributed by atoms with Crippen molar-refractivity contribution in [1.29, 1.82) is 0 Å². The standard InChI is InChI=1S/C16H33N3O4/c1-16(2,3)23-15(20)19-11-9-18(10-12-19)8-6-7-17-13-14(21-4)22-5/h14,17H,6-13H2,1-5H3. The van der Waals surface area contributed by atoms with Gasteiger partial charge in [-0.2, -0.15) is 0 Å². The lowest BCUT2D eigenvalue weighted by molar-refractivity contribution is -0.0986. The predicted octanol–water partition coefficient (Wildman–Crippen LogP) is 1.14. The summed E-state index contributed by atoms with van der Waals surface area (Å²) >= 11 is 0. The molecule has 136 valence electrons. The Morgan fingerprint density at radius 2 is 1.74 bits per heavy atom. The number of nitrogens with one attached hydrogen (secondary N) is 1. The Morgan fingerprint density at radius 1 is 1.13 bits per heavy atom. The number of ether oxygens (including phenoxy) is 3. The maximum absolute atomic E-state index is 12.0. The van der Waals surface area contributed by atoms with E-state index < -0.39 is 5.60 Å². The first-order valence-corrected chi connectivity index (χ1v) is 8.32. The SMILES string of the molecule is COC(CNCCCN1CCN(C(=O)OC(C)(C)C)CC1)OC. The molecule has 0 aromatic rings. The highest BCUT2D eigenvalue weighted by atomic mass is 16.7. The van der Waals surface area contributed by atoms with Crippen molar-refractivity contribution < 1.29 is 19.0 Å². The van der Waals surface area contributed by atoms with Crippen LogP contribution in [0.3, 0.4) is 0 Å². The van der Waals surface area contributed by atoms with E-state index in [0.29, 0.717) is 6.54 Å². The second kappa shape index (κ2) is 10.1. The average molecular weight is 331 g/mol. The van der Waals surface area contributed by atoms with Gasteiger partial charge in [0.05, 0.1) is 0 Å². The topological polar surface area (TPSA) is 63.3 Å². The van der Waals surface area contributed by atoms with Gasteiger partial charge in [-0.05, 0) is 40.3 Å². The first kappa shape index (κ1) is 20.2. The first-order valence-electron chi connectivity index (χ1n) is 8.32. The average Bonchev–Trinajstić information content (AvgIpc) is 2.50. The van der Waals surface area contributed by atoms with Crippen LogP contribution in [0.5, 0.6) is 0 Å². The predicted molar refractivity (Wildman–Crippen MR) is 89.5 cm³/mol. The van der Waals surface area contributed by atoms with Gasteiger partial charge in [0.1, 0.15) is 5.60 Å². The third kappa shape index (κ3) is 8.50. The molecule has 1 rings (SSSR count). The Labute approximate surface area is 140 Å². The van der Waals surface area contributed by atoms with Crippen LogP contribution in [0.4, 0.5) is 4.79 Å². The van der Waals surface area contributed by atoms with Gasteiger partial charge in [0.25, 0.3) is 0 Å². The molecule has 0 aromatic heterocycles. The summed E-state index contributed by atoms with van der Waals surface area (Å²) < 4.78 is 15.6. The molecule has 1 fully saturated rings. The summed E-state index contributed by atoms with van der Waals surface area (Å²) in [5, 5.41) is 3.32. The van der Waals surface area contributed by atoms with Crippen LogP contribution in [-0.2, 0) is 14.2 Å². The van der Waals surface area contributed by atoms with Gasteiger partial charge in [-0.15, -0.1) is 0 Å². The molecular formula is C16H33N3O4. The van der Waals surface area contributed by atoms with Gasteiger partial charge in [0.15, 0.2) is 6.29 Å². The summed E-state index contributed by atoms with van der Waals surface area (Å²) in [6, 6.07) is 0. The van der Waals surface area contributed by atoms with Crippen LogP contribution in [0.15, 0.2) is 0 Å². The van der Waals surface area contributed by atoms with Gasteiger partial charge in [-0.1, -0.05) is 0 Å². The lowest BCUT2D eigenvalue weighted by atomic mass is 10.2. The van der Waals surface area contributed by atoms with Crippen molar-refractivity contribution in [2.75, 3.05) is 60.0 Å². The molecule has 1 saturated heterocycles. The van der Waals surface area contributed by atoms with Crippen LogP contribution in [-0.4, -0.2) is 87.8 Å². The monoisotopic (exact) mass is 331 g/mol. The van der Waals surface area contributed by atoms with Crippen LogP contribution in [0.1, 0.15) is 27.2 Å². The van der Waals surface area contributed by atoms with E-state index >= 15 is 0 Å². The zero-order chi connectivity index (χ0) is 17.3. The number of rotatable bonds is 8. The van der Waals surface area contributed by atoms with Crippen molar-refractivity contribution in [2.45, 2.75) is 39.1 Å². The number of carbonyl (C=O) groups is 1. The molecule has 1 heterocycles. The number of nitrogens with zero attached hydrogens (tertiary/aromatic N) is 2.